The predicted octanol–water partition coefficient (Wildman–Crippen LogP) is 4.83. The van der Waals surface area contributed by atoms with E-state index in [9.17, 15) is 0 Å². The van der Waals surface area contributed by atoms with Gasteiger partial charge in [0.05, 0.1) is 0 Å². The van der Waals surface area contributed by atoms with Crippen LogP contribution in [0.5, 0.6) is 5.75 Å². The van der Waals surface area contributed by atoms with E-state index in [0.29, 0.717) is 0 Å². The lowest BCUT2D eigenvalue weighted by Gasteiger charge is -2.08. The maximum atomic E-state index is 5.60. The highest BCUT2D eigenvalue weighted by atomic mass is 16.6. The summed E-state index contributed by atoms with van der Waals surface area (Å²) in [6.07, 6.45) is 0. The molecule has 0 bridgehead atoms. The van der Waals surface area contributed by atoms with E-state index < -0.39 is 0 Å². The molecule has 0 aliphatic rings. The number of benzene rings is 3. The van der Waals surface area contributed by atoms with Crippen LogP contribution < -0.4 is 4.84 Å². The third-order valence-corrected chi connectivity index (χ3v) is 3.36. The predicted molar refractivity (Wildman–Crippen MR) is 90.3 cm³/mol. The number of para-hydroxylation sites is 1. The quantitative estimate of drug-likeness (QED) is 0.497. The molecule has 0 atom stereocenters. The van der Waals surface area contributed by atoms with Gasteiger partial charge in [0.2, 0.25) is 0 Å². The van der Waals surface area contributed by atoms with Crippen LogP contribution in [0.2, 0.25) is 0 Å². The van der Waals surface area contributed by atoms with E-state index in [2.05, 4.69) is 36.3 Å². The fourth-order valence-electron chi connectivity index (χ4n) is 2.16. The van der Waals surface area contributed by atoms with Crippen LogP contribution in [0, 0.1) is 6.92 Å². The molecule has 0 radical (unpaired) electrons. The van der Waals surface area contributed by atoms with Gasteiger partial charge in [-0.25, -0.2) is 0 Å². The molecule has 22 heavy (non-hydrogen) atoms. The Kier molecular flexibility index (Phi) is 4.30. The second kappa shape index (κ2) is 6.72. The molecule has 0 spiro atoms. The van der Waals surface area contributed by atoms with Crippen LogP contribution in [0.1, 0.15) is 16.7 Å². The van der Waals surface area contributed by atoms with Gasteiger partial charge >= 0.3 is 0 Å². The van der Waals surface area contributed by atoms with Gasteiger partial charge in [0.1, 0.15) is 5.71 Å². The minimum atomic E-state index is 0.725. The van der Waals surface area contributed by atoms with Crippen molar-refractivity contribution in [3.63, 3.8) is 0 Å². The number of nitrogens with zero attached hydrogens (tertiary/aromatic N) is 1. The van der Waals surface area contributed by atoms with Gasteiger partial charge in [0, 0.05) is 11.1 Å². The van der Waals surface area contributed by atoms with Crippen molar-refractivity contribution >= 4 is 5.71 Å². The normalized spacial score (nSPS) is 11.2. The number of rotatable bonds is 4. The Morgan fingerprint density at radius 2 is 1.23 bits per heavy atom. The highest BCUT2D eigenvalue weighted by molar-refractivity contribution is 6.12. The summed E-state index contributed by atoms with van der Waals surface area (Å²) >= 11 is 0. The first-order chi connectivity index (χ1) is 10.8. The molecule has 3 rings (SSSR count). The van der Waals surface area contributed by atoms with Gasteiger partial charge in [-0.1, -0.05) is 83.5 Å². The molecule has 0 aliphatic carbocycles. The van der Waals surface area contributed by atoms with Crippen molar-refractivity contribution in [3.05, 3.63) is 102 Å². The van der Waals surface area contributed by atoms with Crippen LogP contribution in [-0.4, -0.2) is 5.71 Å². The molecule has 0 aromatic heterocycles. The summed E-state index contributed by atoms with van der Waals surface area (Å²) in [5.74, 6) is 0.725. The van der Waals surface area contributed by atoms with E-state index in [1.54, 1.807) is 0 Å². The fraction of sp³-hybridized carbons (Fsp3) is 0.0500. The van der Waals surface area contributed by atoms with Crippen molar-refractivity contribution in [1.29, 1.82) is 0 Å². The molecule has 0 heterocycles. The van der Waals surface area contributed by atoms with Gasteiger partial charge in [0.25, 0.3) is 0 Å². The van der Waals surface area contributed by atoms with Gasteiger partial charge < -0.3 is 4.84 Å². The van der Waals surface area contributed by atoms with E-state index in [1.165, 1.54) is 5.56 Å². The van der Waals surface area contributed by atoms with E-state index in [1.807, 2.05) is 60.7 Å². The lowest BCUT2D eigenvalue weighted by Crippen LogP contribution is -2.05. The molecule has 0 amide bonds. The fourth-order valence-corrected chi connectivity index (χ4v) is 2.16. The van der Waals surface area contributed by atoms with Crippen molar-refractivity contribution in [2.24, 2.45) is 5.16 Å². The summed E-state index contributed by atoms with van der Waals surface area (Å²) in [6.45, 7) is 2.07. The van der Waals surface area contributed by atoms with Crippen LogP contribution in [0.25, 0.3) is 0 Å². The Bertz CT molecular complexity index is 747. The van der Waals surface area contributed by atoms with Crippen molar-refractivity contribution in [1.82, 2.24) is 0 Å². The monoisotopic (exact) mass is 287 g/mol. The van der Waals surface area contributed by atoms with Crippen molar-refractivity contribution < 1.29 is 4.84 Å². The molecule has 0 aliphatic heterocycles. The summed E-state index contributed by atoms with van der Waals surface area (Å²) in [7, 11) is 0. The molecule has 3 aromatic rings. The largest absolute Gasteiger partial charge is 0.356 e. The standard InChI is InChI=1S/C20H17NO/c1-16-12-14-18(15-13-16)20(17-8-4-2-5-9-17)21-22-19-10-6-3-7-11-19/h2-15H,1H3/b21-20+. The number of hydrogen-bond acceptors (Lipinski definition) is 2. The molecular formula is C20H17NO. The van der Waals surface area contributed by atoms with Gasteiger partial charge in [0.15, 0.2) is 5.75 Å². The third kappa shape index (κ3) is 3.41. The van der Waals surface area contributed by atoms with Crippen LogP contribution in [-0.2, 0) is 0 Å². The zero-order chi connectivity index (χ0) is 15.2. The molecule has 3 aromatic carbocycles. The van der Waals surface area contributed by atoms with E-state index in [0.717, 1.165) is 22.6 Å². The SMILES string of the molecule is Cc1ccc(/C(=N/Oc2ccccc2)c2ccccc2)cc1. The average molecular weight is 287 g/mol. The molecule has 2 nitrogen and oxygen atoms in total. The maximum absolute atomic E-state index is 5.60. The van der Waals surface area contributed by atoms with Crippen LogP contribution in [0.15, 0.2) is 90.1 Å². The summed E-state index contributed by atoms with van der Waals surface area (Å²) in [4.78, 5) is 5.60. The summed E-state index contributed by atoms with van der Waals surface area (Å²) < 4.78 is 0. The van der Waals surface area contributed by atoms with E-state index >= 15 is 0 Å². The zero-order valence-corrected chi connectivity index (χ0v) is 12.4. The molecule has 0 saturated heterocycles. The second-order valence-electron chi connectivity index (χ2n) is 5.08. The van der Waals surface area contributed by atoms with E-state index in [-0.39, 0.29) is 0 Å². The van der Waals surface area contributed by atoms with Crippen LogP contribution in [0.3, 0.4) is 0 Å². The van der Waals surface area contributed by atoms with Crippen molar-refractivity contribution in [3.8, 4) is 5.75 Å². The third-order valence-electron chi connectivity index (χ3n) is 3.36. The molecule has 0 N–H and O–H groups in total. The first-order valence-corrected chi connectivity index (χ1v) is 7.25. The van der Waals surface area contributed by atoms with E-state index in [4.69, 9.17) is 4.84 Å². The van der Waals surface area contributed by atoms with Crippen LogP contribution >= 0.6 is 0 Å². The van der Waals surface area contributed by atoms with Crippen LogP contribution in [0.4, 0.5) is 0 Å². The molecule has 108 valence electrons. The minimum Gasteiger partial charge on any atom is -0.356 e. The Labute approximate surface area is 130 Å². The molecule has 0 saturated carbocycles. The summed E-state index contributed by atoms with van der Waals surface area (Å²) in [6, 6.07) is 27.9. The number of hydrogen-bond donors (Lipinski definition) is 0. The topological polar surface area (TPSA) is 21.6 Å². The summed E-state index contributed by atoms with van der Waals surface area (Å²) in [5.41, 5.74) is 4.11. The second-order valence-corrected chi connectivity index (χ2v) is 5.08. The highest BCUT2D eigenvalue weighted by Gasteiger charge is 2.07. The lowest BCUT2D eigenvalue weighted by molar-refractivity contribution is 0.342. The average Bonchev–Trinajstić information content (AvgIpc) is 2.58. The van der Waals surface area contributed by atoms with Gasteiger partial charge in [-0.15, -0.1) is 0 Å². The number of oxime groups is 1. The molecule has 0 fully saturated rings. The van der Waals surface area contributed by atoms with Crippen molar-refractivity contribution in [2.45, 2.75) is 6.92 Å². The Hall–Kier alpha value is -2.87. The summed E-state index contributed by atoms with van der Waals surface area (Å²) in [5, 5.41) is 4.38. The zero-order valence-electron chi connectivity index (χ0n) is 12.4. The first kappa shape index (κ1) is 14.1. The Balaban J connectivity index is 1.98. The van der Waals surface area contributed by atoms with Gasteiger partial charge in [-0.2, -0.15) is 0 Å². The van der Waals surface area contributed by atoms with Crippen molar-refractivity contribution in [2.75, 3.05) is 0 Å². The maximum Gasteiger partial charge on any atom is 0.157 e. The Morgan fingerprint density at radius 3 is 1.86 bits per heavy atom. The minimum absolute atomic E-state index is 0.725. The number of aryl methyl sites for hydroxylation is 1. The lowest BCUT2D eigenvalue weighted by atomic mass is 10.0. The van der Waals surface area contributed by atoms with Gasteiger partial charge in [-0.3, -0.25) is 0 Å². The molecule has 2 heteroatoms. The Morgan fingerprint density at radius 1 is 0.682 bits per heavy atom. The smallest absolute Gasteiger partial charge is 0.157 e. The molecular weight excluding hydrogens is 270 g/mol. The molecule has 0 unspecified atom stereocenters. The van der Waals surface area contributed by atoms with Gasteiger partial charge in [-0.05, 0) is 19.1 Å². The highest BCUT2D eigenvalue weighted by Crippen LogP contribution is 2.15. The first-order valence-electron chi connectivity index (χ1n) is 7.25.